The third kappa shape index (κ3) is 2.46. The molecule has 3 nitrogen and oxygen atoms in total. The molecule has 1 fully saturated rings. The van der Waals surface area contributed by atoms with Gasteiger partial charge in [-0.2, -0.15) is 5.10 Å². The van der Waals surface area contributed by atoms with Crippen LogP contribution < -0.4 is 5.32 Å². The first-order valence-corrected chi connectivity index (χ1v) is 6.60. The highest BCUT2D eigenvalue weighted by molar-refractivity contribution is 5.16. The molecule has 1 N–H and O–H groups in total. The molecule has 1 aliphatic rings. The molecule has 0 aromatic carbocycles. The molecule has 16 heavy (non-hydrogen) atoms. The van der Waals surface area contributed by atoms with E-state index in [1.54, 1.807) is 0 Å². The minimum absolute atomic E-state index is 0.671. The second-order valence-corrected chi connectivity index (χ2v) is 4.74. The largest absolute Gasteiger partial charge is 0.314 e. The van der Waals surface area contributed by atoms with E-state index in [-0.39, 0.29) is 0 Å². The van der Waals surface area contributed by atoms with Gasteiger partial charge < -0.3 is 5.32 Å². The number of aromatic nitrogens is 2. The van der Waals surface area contributed by atoms with Crippen LogP contribution in [0.1, 0.15) is 51.0 Å². The Balaban J connectivity index is 2.04. The summed E-state index contributed by atoms with van der Waals surface area (Å²) in [7, 11) is 0. The monoisotopic (exact) mass is 221 g/mol. The lowest BCUT2D eigenvalue weighted by Crippen LogP contribution is -2.30. The molecule has 0 radical (unpaired) electrons. The topological polar surface area (TPSA) is 29.9 Å². The van der Waals surface area contributed by atoms with E-state index in [9.17, 15) is 0 Å². The Kier molecular flexibility index (Phi) is 3.99. The molecule has 0 amide bonds. The highest BCUT2D eigenvalue weighted by Gasteiger charge is 2.28. The second kappa shape index (κ2) is 5.48. The van der Waals surface area contributed by atoms with Gasteiger partial charge in [-0.1, -0.05) is 20.3 Å². The van der Waals surface area contributed by atoms with Crippen molar-refractivity contribution in [1.82, 2.24) is 15.1 Å². The molecule has 1 aromatic rings. The molecule has 0 bridgehead atoms. The van der Waals surface area contributed by atoms with Gasteiger partial charge in [-0.15, -0.1) is 0 Å². The van der Waals surface area contributed by atoms with Crippen LogP contribution in [0.4, 0.5) is 0 Å². The number of hydrogen-bond acceptors (Lipinski definition) is 2. The van der Waals surface area contributed by atoms with Crippen molar-refractivity contribution in [2.75, 3.05) is 6.54 Å². The van der Waals surface area contributed by atoms with Crippen LogP contribution in [0.3, 0.4) is 0 Å². The van der Waals surface area contributed by atoms with E-state index >= 15 is 0 Å². The van der Waals surface area contributed by atoms with Gasteiger partial charge in [-0.3, -0.25) is 4.68 Å². The van der Waals surface area contributed by atoms with Crippen LogP contribution in [-0.2, 0) is 6.54 Å². The van der Waals surface area contributed by atoms with Crippen molar-refractivity contribution in [3.63, 3.8) is 0 Å². The molecule has 90 valence electrons. The average Bonchev–Trinajstić information content (AvgIpc) is 2.87. The summed E-state index contributed by atoms with van der Waals surface area (Å²) in [6.45, 7) is 6.50. The van der Waals surface area contributed by atoms with Crippen LogP contribution in [0.25, 0.3) is 0 Å². The number of rotatable bonds is 5. The lowest BCUT2D eigenvalue weighted by molar-refractivity contribution is 0.492. The summed E-state index contributed by atoms with van der Waals surface area (Å²) in [5, 5.41) is 8.03. The molecule has 3 heteroatoms. The lowest BCUT2D eigenvalue weighted by atomic mass is 9.97. The minimum Gasteiger partial charge on any atom is -0.314 e. The van der Waals surface area contributed by atoms with Gasteiger partial charge in [-0.05, 0) is 31.4 Å². The Morgan fingerprint density at radius 3 is 3.06 bits per heavy atom. The maximum Gasteiger partial charge on any atom is 0.0525 e. The van der Waals surface area contributed by atoms with Crippen LogP contribution in [0.15, 0.2) is 12.4 Å². The lowest BCUT2D eigenvalue weighted by Gasteiger charge is -2.18. The summed E-state index contributed by atoms with van der Waals surface area (Å²) in [5.74, 6) is 0.686. The Labute approximate surface area is 98.2 Å². The molecule has 0 spiro atoms. The molecule has 1 heterocycles. The fourth-order valence-electron chi connectivity index (χ4n) is 2.79. The zero-order chi connectivity index (χ0) is 11.4. The molecule has 2 rings (SSSR count). The number of aryl methyl sites for hydroxylation is 1. The smallest absolute Gasteiger partial charge is 0.0525 e. The van der Waals surface area contributed by atoms with Gasteiger partial charge in [0.2, 0.25) is 0 Å². The van der Waals surface area contributed by atoms with Crippen LogP contribution >= 0.6 is 0 Å². The highest BCUT2D eigenvalue weighted by atomic mass is 15.3. The quantitative estimate of drug-likeness (QED) is 0.828. The van der Waals surface area contributed by atoms with E-state index in [0.29, 0.717) is 12.0 Å². The predicted octanol–water partition coefficient (Wildman–Crippen LogP) is 2.54. The molecule has 1 aliphatic carbocycles. The normalized spacial score (nSPS) is 25.1. The minimum atomic E-state index is 0.671. The highest BCUT2D eigenvalue weighted by Crippen LogP contribution is 2.34. The van der Waals surface area contributed by atoms with Gasteiger partial charge in [0.25, 0.3) is 0 Å². The van der Waals surface area contributed by atoms with E-state index in [2.05, 4.69) is 41.3 Å². The number of nitrogens with one attached hydrogen (secondary N) is 1. The van der Waals surface area contributed by atoms with Crippen molar-refractivity contribution >= 4 is 0 Å². The van der Waals surface area contributed by atoms with E-state index < -0.39 is 0 Å². The zero-order valence-electron chi connectivity index (χ0n) is 10.4. The molecule has 1 aromatic heterocycles. The summed E-state index contributed by atoms with van der Waals surface area (Å²) in [4.78, 5) is 0. The van der Waals surface area contributed by atoms with Crippen molar-refractivity contribution in [2.45, 2.75) is 58.0 Å². The van der Waals surface area contributed by atoms with Crippen LogP contribution in [0, 0.1) is 0 Å². The number of hydrogen-bond donors (Lipinski definition) is 1. The standard InChI is InChI=1S/C13H23N3/c1-3-8-16-10-11(9-15-16)12-6-5-7-13(12)14-4-2/h9-10,12-14H,3-8H2,1-2H3. The first kappa shape index (κ1) is 11.6. The van der Waals surface area contributed by atoms with Gasteiger partial charge >= 0.3 is 0 Å². The number of nitrogens with zero attached hydrogens (tertiary/aromatic N) is 2. The Hall–Kier alpha value is -0.830. The molecule has 0 saturated heterocycles. The number of likely N-dealkylation sites (N-methyl/N-ethyl adjacent to an activating group) is 1. The third-order valence-corrected chi connectivity index (χ3v) is 3.52. The van der Waals surface area contributed by atoms with Gasteiger partial charge in [0.15, 0.2) is 0 Å². The van der Waals surface area contributed by atoms with Gasteiger partial charge in [0.05, 0.1) is 6.20 Å². The van der Waals surface area contributed by atoms with Crippen LogP contribution in [-0.4, -0.2) is 22.4 Å². The van der Waals surface area contributed by atoms with Crippen molar-refractivity contribution in [2.24, 2.45) is 0 Å². The summed E-state index contributed by atoms with van der Waals surface area (Å²) >= 11 is 0. The molecular weight excluding hydrogens is 198 g/mol. The SMILES string of the molecule is CCCn1cc(C2CCCC2NCC)cn1. The Morgan fingerprint density at radius 1 is 1.44 bits per heavy atom. The Morgan fingerprint density at radius 2 is 2.31 bits per heavy atom. The van der Waals surface area contributed by atoms with Gasteiger partial charge in [0.1, 0.15) is 0 Å². The summed E-state index contributed by atoms with van der Waals surface area (Å²) < 4.78 is 2.08. The van der Waals surface area contributed by atoms with E-state index in [1.165, 1.54) is 24.8 Å². The third-order valence-electron chi connectivity index (χ3n) is 3.52. The molecule has 0 aliphatic heterocycles. The predicted molar refractivity (Wildman–Crippen MR) is 66.6 cm³/mol. The van der Waals surface area contributed by atoms with E-state index in [4.69, 9.17) is 0 Å². The first-order valence-electron chi connectivity index (χ1n) is 6.60. The molecule has 2 unspecified atom stereocenters. The molecule has 2 atom stereocenters. The fourth-order valence-corrected chi connectivity index (χ4v) is 2.79. The first-order chi connectivity index (χ1) is 7.85. The maximum absolute atomic E-state index is 4.43. The summed E-state index contributed by atoms with van der Waals surface area (Å²) in [5.41, 5.74) is 1.43. The van der Waals surface area contributed by atoms with Crippen molar-refractivity contribution in [3.05, 3.63) is 18.0 Å². The van der Waals surface area contributed by atoms with Gasteiger partial charge in [-0.25, -0.2) is 0 Å². The van der Waals surface area contributed by atoms with Crippen molar-refractivity contribution in [3.8, 4) is 0 Å². The maximum atomic E-state index is 4.43. The van der Waals surface area contributed by atoms with E-state index in [0.717, 1.165) is 19.5 Å². The van der Waals surface area contributed by atoms with Crippen molar-refractivity contribution in [1.29, 1.82) is 0 Å². The molecular formula is C13H23N3. The second-order valence-electron chi connectivity index (χ2n) is 4.74. The zero-order valence-corrected chi connectivity index (χ0v) is 10.4. The summed E-state index contributed by atoms with van der Waals surface area (Å²) in [6, 6.07) is 0.671. The summed E-state index contributed by atoms with van der Waals surface area (Å²) in [6.07, 6.45) is 9.44. The molecule has 1 saturated carbocycles. The van der Waals surface area contributed by atoms with Crippen molar-refractivity contribution < 1.29 is 0 Å². The van der Waals surface area contributed by atoms with Gasteiger partial charge in [0, 0.05) is 24.7 Å². The fraction of sp³-hybridized carbons (Fsp3) is 0.769. The van der Waals surface area contributed by atoms with Crippen LogP contribution in [0.5, 0.6) is 0 Å². The van der Waals surface area contributed by atoms with E-state index in [1.807, 2.05) is 0 Å². The van der Waals surface area contributed by atoms with Crippen LogP contribution in [0.2, 0.25) is 0 Å². The Bertz CT molecular complexity index is 319. The average molecular weight is 221 g/mol.